The van der Waals surface area contributed by atoms with Crippen LogP contribution in [0.2, 0.25) is 0 Å². The van der Waals surface area contributed by atoms with Gasteiger partial charge in [0.1, 0.15) is 0 Å². The predicted octanol–water partition coefficient (Wildman–Crippen LogP) is 5.82. The van der Waals surface area contributed by atoms with Gasteiger partial charge in [0.2, 0.25) is 11.7 Å². The number of nitrogens with zero attached hydrogens (tertiary/aromatic N) is 1. The highest BCUT2D eigenvalue weighted by Gasteiger charge is 2.17. The number of rotatable bonds is 9. The van der Waals surface area contributed by atoms with Gasteiger partial charge in [0, 0.05) is 23.9 Å². The summed E-state index contributed by atoms with van der Waals surface area (Å²) in [4.78, 5) is 29.2. The van der Waals surface area contributed by atoms with Gasteiger partial charge in [0.15, 0.2) is 23.0 Å². The number of benzene rings is 3. The van der Waals surface area contributed by atoms with Crippen LogP contribution in [0.1, 0.15) is 18.1 Å². The monoisotopic (exact) mass is 542 g/mol. The lowest BCUT2D eigenvalue weighted by molar-refractivity contribution is -0.132. The van der Waals surface area contributed by atoms with Crippen LogP contribution in [0.3, 0.4) is 0 Å². The molecule has 0 aliphatic carbocycles. The number of esters is 1. The number of carbonyl (C=O) groups is 2. The number of amides is 1. The molecule has 0 radical (unpaired) electrons. The molecule has 0 atom stereocenters. The largest absolute Gasteiger partial charge is 0.493 e. The van der Waals surface area contributed by atoms with E-state index in [4.69, 9.17) is 23.7 Å². The number of anilines is 1. The fourth-order valence-corrected chi connectivity index (χ4v) is 4.29. The van der Waals surface area contributed by atoms with Crippen LogP contribution >= 0.6 is 0 Å². The van der Waals surface area contributed by atoms with Crippen molar-refractivity contribution < 1.29 is 33.3 Å². The molecule has 0 saturated heterocycles. The first-order valence-corrected chi connectivity index (χ1v) is 12.3. The van der Waals surface area contributed by atoms with E-state index in [0.717, 1.165) is 27.6 Å². The molecule has 1 aromatic heterocycles. The van der Waals surface area contributed by atoms with E-state index in [0.29, 0.717) is 34.2 Å². The Balaban J connectivity index is 1.72. The Labute approximate surface area is 232 Å². The molecule has 0 aliphatic heterocycles. The van der Waals surface area contributed by atoms with Crippen molar-refractivity contribution in [2.24, 2.45) is 0 Å². The Kier molecular flexibility index (Phi) is 8.54. The maximum Gasteiger partial charge on any atom is 0.308 e. The third kappa shape index (κ3) is 5.99. The Hall–Kier alpha value is -5.05. The first-order valence-electron chi connectivity index (χ1n) is 12.3. The van der Waals surface area contributed by atoms with Crippen molar-refractivity contribution in [1.82, 2.24) is 4.98 Å². The maximum atomic E-state index is 13.1. The van der Waals surface area contributed by atoms with Crippen molar-refractivity contribution >= 4 is 34.5 Å². The number of nitrogens with one attached hydrogen (secondary N) is 1. The molecule has 4 rings (SSSR count). The minimum atomic E-state index is -0.510. The van der Waals surface area contributed by atoms with Crippen LogP contribution in [0.25, 0.3) is 28.1 Å². The summed E-state index contributed by atoms with van der Waals surface area (Å²) in [7, 11) is 6.06. The minimum Gasteiger partial charge on any atom is -0.493 e. The number of ether oxygens (including phenoxy) is 5. The van der Waals surface area contributed by atoms with E-state index in [1.165, 1.54) is 27.2 Å². The average molecular weight is 543 g/mol. The lowest BCUT2D eigenvalue weighted by atomic mass is 9.97. The molecule has 9 nitrogen and oxygen atoms in total. The first kappa shape index (κ1) is 28.0. The van der Waals surface area contributed by atoms with Gasteiger partial charge in [0.25, 0.3) is 0 Å². The van der Waals surface area contributed by atoms with Gasteiger partial charge in [-0.3, -0.25) is 14.6 Å². The molecule has 0 unspecified atom stereocenters. The van der Waals surface area contributed by atoms with Crippen molar-refractivity contribution in [2.75, 3.05) is 33.8 Å². The average Bonchev–Trinajstić information content (AvgIpc) is 2.95. The maximum absolute atomic E-state index is 13.1. The Morgan fingerprint density at radius 1 is 0.825 bits per heavy atom. The molecule has 1 amide bonds. The predicted molar refractivity (Wildman–Crippen MR) is 154 cm³/mol. The fourth-order valence-electron chi connectivity index (χ4n) is 4.29. The van der Waals surface area contributed by atoms with Crippen molar-refractivity contribution in [2.45, 2.75) is 13.8 Å². The van der Waals surface area contributed by atoms with Crippen molar-refractivity contribution in [3.63, 3.8) is 0 Å². The van der Waals surface area contributed by atoms with Crippen molar-refractivity contribution in [1.29, 1.82) is 0 Å². The van der Waals surface area contributed by atoms with Gasteiger partial charge in [-0.05, 0) is 60.5 Å². The number of aromatic nitrogens is 1. The minimum absolute atomic E-state index is 0.163. The molecule has 40 heavy (non-hydrogen) atoms. The zero-order valence-electron chi connectivity index (χ0n) is 23.2. The number of hydrogen-bond acceptors (Lipinski definition) is 8. The Bertz CT molecular complexity index is 1590. The second kappa shape index (κ2) is 12.2. The SMILES string of the molecule is COc1ccc(-c2c(NC(=O)/C=C/c3cc(OC)c(OC(C)=O)c(OC)c3)cnc3ccc(C)cc23)cc1OC. The molecule has 0 bridgehead atoms. The van der Waals surface area contributed by atoms with Crippen LogP contribution in [-0.4, -0.2) is 45.3 Å². The third-order valence-electron chi connectivity index (χ3n) is 6.11. The summed E-state index contributed by atoms with van der Waals surface area (Å²) in [5.74, 6) is 1.02. The van der Waals surface area contributed by atoms with Crippen molar-refractivity contribution in [3.05, 3.63) is 71.9 Å². The summed E-state index contributed by atoms with van der Waals surface area (Å²) in [5, 5.41) is 3.84. The lowest BCUT2D eigenvalue weighted by Crippen LogP contribution is -2.09. The zero-order valence-corrected chi connectivity index (χ0v) is 23.2. The summed E-state index contributed by atoms with van der Waals surface area (Å²) in [6.45, 7) is 3.29. The summed E-state index contributed by atoms with van der Waals surface area (Å²) >= 11 is 0. The molecule has 206 valence electrons. The molecule has 4 aromatic rings. The standard InChI is InChI=1S/C31H30N2O7/c1-18-7-10-23-22(13-18)30(21-9-11-25(36-3)26(16-21)37-4)24(17-32-23)33-29(35)12-8-20-14-27(38-5)31(40-19(2)34)28(15-20)39-6/h7-17H,1-6H3,(H,33,35)/b12-8+. The van der Waals surface area contributed by atoms with Crippen LogP contribution in [-0.2, 0) is 9.59 Å². The van der Waals surface area contributed by atoms with Crippen molar-refractivity contribution in [3.8, 4) is 39.9 Å². The number of carbonyl (C=O) groups excluding carboxylic acids is 2. The van der Waals surface area contributed by atoms with Gasteiger partial charge >= 0.3 is 5.97 Å². The quantitative estimate of drug-likeness (QED) is 0.160. The number of fused-ring (bicyclic) bond motifs is 1. The van der Waals surface area contributed by atoms with E-state index >= 15 is 0 Å². The van der Waals surface area contributed by atoms with E-state index in [1.807, 2.05) is 43.3 Å². The number of aryl methyl sites for hydroxylation is 1. The van der Waals surface area contributed by atoms with E-state index < -0.39 is 5.97 Å². The summed E-state index contributed by atoms with van der Waals surface area (Å²) in [6, 6.07) is 14.8. The van der Waals surface area contributed by atoms with E-state index in [-0.39, 0.29) is 11.7 Å². The van der Waals surface area contributed by atoms with Gasteiger partial charge in [-0.25, -0.2) is 0 Å². The highest BCUT2D eigenvalue weighted by molar-refractivity contribution is 6.09. The second-order valence-corrected chi connectivity index (χ2v) is 8.81. The molecule has 1 heterocycles. The van der Waals surface area contributed by atoms with E-state index in [1.54, 1.807) is 38.6 Å². The highest BCUT2D eigenvalue weighted by atomic mass is 16.6. The number of pyridine rings is 1. The van der Waals surface area contributed by atoms with Gasteiger partial charge in [-0.2, -0.15) is 0 Å². The van der Waals surface area contributed by atoms with Gasteiger partial charge < -0.3 is 29.0 Å². The van der Waals surface area contributed by atoms with Crippen LogP contribution < -0.4 is 29.0 Å². The Morgan fingerprint density at radius 3 is 2.12 bits per heavy atom. The van der Waals surface area contributed by atoms with Gasteiger partial charge in [0.05, 0.1) is 45.8 Å². The van der Waals surface area contributed by atoms with Crippen LogP contribution in [0, 0.1) is 6.92 Å². The van der Waals surface area contributed by atoms with Gasteiger partial charge in [-0.1, -0.05) is 17.7 Å². The van der Waals surface area contributed by atoms with Crippen LogP contribution in [0.4, 0.5) is 5.69 Å². The molecule has 1 N–H and O–H groups in total. The molecule has 0 fully saturated rings. The van der Waals surface area contributed by atoms with Crippen LogP contribution in [0.5, 0.6) is 28.7 Å². The molecular formula is C31H30N2O7. The number of methoxy groups -OCH3 is 4. The third-order valence-corrected chi connectivity index (χ3v) is 6.11. The smallest absolute Gasteiger partial charge is 0.308 e. The molecule has 0 aliphatic rings. The van der Waals surface area contributed by atoms with Crippen LogP contribution in [0.15, 0.2) is 60.8 Å². The fraction of sp³-hybridized carbons (Fsp3) is 0.194. The van der Waals surface area contributed by atoms with Gasteiger partial charge in [-0.15, -0.1) is 0 Å². The molecule has 0 spiro atoms. The first-order chi connectivity index (χ1) is 19.3. The molecule has 9 heteroatoms. The molecule has 3 aromatic carbocycles. The van der Waals surface area contributed by atoms with E-state index in [9.17, 15) is 9.59 Å². The summed E-state index contributed by atoms with van der Waals surface area (Å²) in [6.07, 6.45) is 4.63. The molecular weight excluding hydrogens is 512 g/mol. The van der Waals surface area contributed by atoms with E-state index in [2.05, 4.69) is 10.3 Å². The zero-order chi connectivity index (χ0) is 28.8. The number of hydrogen-bond donors (Lipinski definition) is 1. The molecule has 0 saturated carbocycles. The lowest BCUT2D eigenvalue weighted by Gasteiger charge is -2.16. The summed E-state index contributed by atoms with van der Waals surface area (Å²) < 4.78 is 26.9. The Morgan fingerprint density at radius 2 is 1.50 bits per heavy atom. The second-order valence-electron chi connectivity index (χ2n) is 8.81. The topological polar surface area (TPSA) is 105 Å². The summed E-state index contributed by atoms with van der Waals surface area (Å²) in [5.41, 5.74) is 4.60. The normalized spacial score (nSPS) is 10.8. The highest BCUT2D eigenvalue weighted by Crippen LogP contribution is 2.40.